The third-order valence-electron chi connectivity index (χ3n) is 4.88. The number of amides is 3. The second-order valence-electron chi connectivity index (χ2n) is 8.64. The Labute approximate surface area is 175 Å². The van der Waals surface area contributed by atoms with Crippen LogP contribution in [0.5, 0.6) is 5.75 Å². The summed E-state index contributed by atoms with van der Waals surface area (Å²) in [6, 6.07) is 2.78. The van der Waals surface area contributed by atoms with Crippen LogP contribution in [0.4, 0.5) is 5.69 Å². The molecule has 9 heteroatoms. The molecule has 0 radical (unpaired) electrons. The molecule has 9 nitrogen and oxygen atoms in total. The Morgan fingerprint density at radius 1 is 1.23 bits per heavy atom. The first-order valence-corrected chi connectivity index (χ1v) is 9.80. The van der Waals surface area contributed by atoms with Crippen LogP contribution in [0, 0.1) is 0 Å². The number of rotatable bonds is 5. The first-order chi connectivity index (χ1) is 14.0. The van der Waals surface area contributed by atoms with Gasteiger partial charge < -0.3 is 19.3 Å². The molecule has 2 heterocycles. The summed E-state index contributed by atoms with van der Waals surface area (Å²) in [6.45, 7) is 5.17. The number of nitrogens with one attached hydrogen (secondary N) is 1. The summed E-state index contributed by atoms with van der Waals surface area (Å²) in [5, 5.41) is 2.29. The molecule has 3 amide bonds. The standard InChI is InChI=1S/C21H27N3O6/c1-21(2,3)30-18(26)11-29-16-9-12(23(4)5)8-13-14(16)10-24(20(13)28)15-6-7-17(25)22-19(15)27/h8-9,15H,6-7,10-11H2,1-5H3,(H,22,25,27). The van der Waals surface area contributed by atoms with E-state index in [4.69, 9.17) is 9.47 Å². The zero-order valence-electron chi connectivity index (χ0n) is 17.9. The molecule has 2 aliphatic rings. The second kappa shape index (κ2) is 7.97. The van der Waals surface area contributed by atoms with Gasteiger partial charge in [0.25, 0.3) is 5.91 Å². The first-order valence-electron chi connectivity index (χ1n) is 9.80. The zero-order chi connectivity index (χ0) is 22.2. The molecule has 0 aromatic heterocycles. The lowest BCUT2D eigenvalue weighted by atomic mass is 10.0. The number of anilines is 1. The van der Waals surface area contributed by atoms with Crippen LogP contribution < -0.4 is 15.0 Å². The van der Waals surface area contributed by atoms with Crippen LogP contribution >= 0.6 is 0 Å². The van der Waals surface area contributed by atoms with E-state index in [1.54, 1.807) is 32.9 Å². The Morgan fingerprint density at radius 2 is 1.93 bits per heavy atom. The average molecular weight is 417 g/mol. The third kappa shape index (κ3) is 4.55. The van der Waals surface area contributed by atoms with Gasteiger partial charge in [-0.3, -0.25) is 19.7 Å². The van der Waals surface area contributed by atoms with E-state index in [0.717, 1.165) is 5.69 Å². The molecule has 1 saturated heterocycles. The van der Waals surface area contributed by atoms with Gasteiger partial charge in [-0.2, -0.15) is 0 Å². The van der Waals surface area contributed by atoms with Crippen LogP contribution in [0.15, 0.2) is 12.1 Å². The maximum absolute atomic E-state index is 13.1. The molecule has 2 aliphatic heterocycles. The maximum atomic E-state index is 13.1. The molecule has 162 valence electrons. The van der Waals surface area contributed by atoms with Crippen molar-refractivity contribution in [2.45, 2.75) is 51.8 Å². The lowest BCUT2D eigenvalue weighted by Gasteiger charge is -2.29. The fraction of sp³-hybridized carbons (Fsp3) is 0.524. The van der Waals surface area contributed by atoms with Crippen molar-refractivity contribution < 1.29 is 28.7 Å². The molecule has 3 rings (SSSR count). The highest BCUT2D eigenvalue weighted by Gasteiger charge is 2.40. The van der Waals surface area contributed by atoms with Crippen LogP contribution in [-0.4, -0.2) is 60.9 Å². The summed E-state index contributed by atoms with van der Waals surface area (Å²) in [5.74, 6) is -1.23. The molecule has 1 fully saturated rings. The van der Waals surface area contributed by atoms with E-state index in [9.17, 15) is 19.2 Å². The van der Waals surface area contributed by atoms with E-state index >= 15 is 0 Å². The highest BCUT2D eigenvalue weighted by molar-refractivity contribution is 6.06. The number of ether oxygens (including phenoxy) is 2. The maximum Gasteiger partial charge on any atom is 0.344 e. The van der Waals surface area contributed by atoms with Gasteiger partial charge in [0.1, 0.15) is 17.4 Å². The Morgan fingerprint density at radius 3 is 2.53 bits per heavy atom. The third-order valence-corrected chi connectivity index (χ3v) is 4.88. The van der Waals surface area contributed by atoms with Gasteiger partial charge in [-0.25, -0.2) is 4.79 Å². The summed E-state index contributed by atoms with van der Waals surface area (Å²) in [7, 11) is 3.66. The summed E-state index contributed by atoms with van der Waals surface area (Å²) >= 11 is 0. The Hall–Kier alpha value is -3.10. The van der Waals surface area contributed by atoms with Gasteiger partial charge >= 0.3 is 5.97 Å². The zero-order valence-corrected chi connectivity index (χ0v) is 17.9. The number of carbonyl (C=O) groups is 4. The monoisotopic (exact) mass is 417 g/mol. The second-order valence-corrected chi connectivity index (χ2v) is 8.64. The molecule has 1 aromatic rings. The minimum absolute atomic E-state index is 0.164. The molecule has 30 heavy (non-hydrogen) atoms. The number of carbonyl (C=O) groups excluding carboxylic acids is 4. The Kier molecular flexibility index (Phi) is 5.74. The van der Waals surface area contributed by atoms with Crippen molar-refractivity contribution >= 4 is 29.4 Å². The minimum atomic E-state index is -0.718. The summed E-state index contributed by atoms with van der Waals surface area (Å²) in [6.07, 6.45) is 0.459. The topological polar surface area (TPSA) is 105 Å². The number of piperidine rings is 1. The van der Waals surface area contributed by atoms with E-state index in [0.29, 0.717) is 16.9 Å². The molecule has 1 N–H and O–H groups in total. The molecular formula is C21H27N3O6. The normalized spacial score (nSPS) is 18.8. The van der Waals surface area contributed by atoms with Crippen molar-refractivity contribution in [2.24, 2.45) is 0 Å². The van der Waals surface area contributed by atoms with Crippen molar-refractivity contribution in [3.63, 3.8) is 0 Å². The fourth-order valence-corrected chi connectivity index (χ4v) is 3.51. The van der Waals surface area contributed by atoms with Gasteiger partial charge in [0.05, 0.1) is 12.1 Å². The molecule has 0 aliphatic carbocycles. The van der Waals surface area contributed by atoms with Crippen molar-refractivity contribution in [2.75, 3.05) is 25.6 Å². The number of fused-ring (bicyclic) bond motifs is 1. The van der Waals surface area contributed by atoms with Crippen LogP contribution in [0.25, 0.3) is 0 Å². The quantitative estimate of drug-likeness (QED) is 0.567. The van der Waals surface area contributed by atoms with Gasteiger partial charge in [0, 0.05) is 37.8 Å². The largest absolute Gasteiger partial charge is 0.481 e. The van der Waals surface area contributed by atoms with Crippen molar-refractivity contribution in [1.82, 2.24) is 10.2 Å². The van der Waals surface area contributed by atoms with E-state index in [1.807, 2.05) is 19.0 Å². The summed E-state index contributed by atoms with van der Waals surface area (Å²) in [4.78, 5) is 52.1. The average Bonchev–Trinajstić information content (AvgIpc) is 2.95. The fourth-order valence-electron chi connectivity index (χ4n) is 3.51. The first kappa shape index (κ1) is 21.6. The van der Waals surface area contributed by atoms with Crippen LogP contribution in [0.2, 0.25) is 0 Å². The van der Waals surface area contributed by atoms with E-state index in [1.165, 1.54) is 4.90 Å². The summed E-state index contributed by atoms with van der Waals surface area (Å²) < 4.78 is 11.0. The number of hydrogen-bond donors (Lipinski definition) is 1. The lowest BCUT2D eigenvalue weighted by molar-refractivity contribution is -0.157. The molecule has 1 aromatic carbocycles. The lowest BCUT2D eigenvalue weighted by Crippen LogP contribution is -2.52. The van der Waals surface area contributed by atoms with E-state index in [2.05, 4.69) is 5.32 Å². The minimum Gasteiger partial charge on any atom is -0.481 e. The van der Waals surface area contributed by atoms with Crippen molar-refractivity contribution in [3.8, 4) is 5.75 Å². The van der Waals surface area contributed by atoms with Gasteiger partial charge in [-0.05, 0) is 33.3 Å². The van der Waals surface area contributed by atoms with E-state index < -0.39 is 23.5 Å². The molecule has 1 atom stereocenters. The van der Waals surface area contributed by atoms with Crippen LogP contribution in [0.1, 0.15) is 49.5 Å². The van der Waals surface area contributed by atoms with Crippen LogP contribution in [-0.2, 0) is 25.7 Å². The predicted molar refractivity (Wildman–Crippen MR) is 108 cm³/mol. The smallest absolute Gasteiger partial charge is 0.344 e. The van der Waals surface area contributed by atoms with Crippen LogP contribution in [0.3, 0.4) is 0 Å². The Bertz CT molecular complexity index is 903. The molecule has 1 unspecified atom stereocenters. The van der Waals surface area contributed by atoms with Gasteiger partial charge in [-0.1, -0.05) is 0 Å². The summed E-state index contributed by atoms with van der Waals surface area (Å²) in [5.41, 5.74) is 1.13. The van der Waals surface area contributed by atoms with Gasteiger partial charge in [0.15, 0.2) is 6.61 Å². The predicted octanol–water partition coefficient (Wildman–Crippen LogP) is 1.23. The molecule has 0 bridgehead atoms. The molecular weight excluding hydrogens is 390 g/mol. The van der Waals surface area contributed by atoms with E-state index in [-0.39, 0.29) is 37.8 Å². The van der Waals surface area contributed by atoms with Gasteiger partial charge in [0.2, 0.25) is 11.8 Å². The number of hydrogen-bond acceptors (Lipinski definition) is 7. The van der Waals surface area contributed by atoms with Crippen molar-refractivity contribution in [3.05, 3.63) is 23.3 Å². The highest BCUT2D eigenvalue weighted by Crippen LogP contribution is 2.37. The number of nitrogens with zero attached hydrogens (tertiary/aromatic N) is 2. The molecule has 0 spiro atoms. The Balaban J connectivity index is 1.86. The number of benzene rings is 1. The number of esters is 1. The molecule has 0 saturated carbocycles. The van der Waals surface area contributed by atoms with Gasteiger partial charge in [-0.15, -0.1) is 0 Å². The SMILES string of the molecule is CN(C)c1cc(OCC(=O)OC(C)(C)C)c2c(c1)C(=O)N(C1CCC(=O)NC1=O)C2. The number of imide groups is 1. The highest BCUT2D eigenvalue weighted by atomic mass is 16.6. The van der Waals surface area contributed by atoms with Crippen molar-refractivity contribution in [1.29, 1.82) is 0 Å².